The fraction of sp³-hybridized carbons (Fsp3) is 0.444. The minimum atomic E-state index is -1.07. The highest BCUT2D eigenvalue weighted by Gasteiger charge is 2.39. The molecule has 8 nitrogen and oxygen atoms in total. The number of hydrogen-bond acceptors (Lipinski definition) is 5. The summed E-state index contributed by atoms with van der Waals surface area (Å²) in [7, 11) is 1.99. The summed E-state index contributed by atoms with van der Waals surface area (Å²) in [5.41, 5.74) is 3.80. The maximum absolute atomic E-state index is 13.0. The molecule has 1 aliphatic carbocycles. The highest BCUT2D eigenvalue weighted by Crippen LogP contribution is 2.44. The first kappa shape index (κ1) is 24.7. The van der Waals surface area contributed by atoms with Gasteiger partial charge in [-0.3, -0.25) is 4.79 Å². The summed E-state index contributed by atoms with van der Waals surface area (Å²) in [5.74, 6) is -1.50. The van der Waals surface area contributed by atoms with Gasteiger partial charge >= 0.3 is 12.1 Å². The Morgan fingerprint density at radius 2 is 1.63 bits per heavy atom. The molecule has 1 fully saturated rings. The van der Waals surface area contributed by atoms with Crippen LogP contribution in [0.3, 0.4) is 0 Å². The average Bonchev–Trinajstić information content (AvgIpc) is 3.16. The van der Waals surface area contributed by atoms with Crippen LogP contribution < -0.4 is 10.6 Å². The molecule has 0 aromatic heterocycles. The van der Waals surface area contributed by atoms with Crippen molar-refractivity contribution in [1.29, 1.82) is 0 Å². The molecular weight excluding hydrogens is 446 g/mol. The normalized spacial score (nSPS) is 17.7. The van der Waals surface area contributed by atoms with Gasteiger partial charge < -0.3 is 25.4 Å². The molecule has 1 heterocycles. The molecule has 186 valence electrons. The molecular formula is C27H33N3O5. The van der Waals surface area contributed by atoms with Crippen LogP contribution in [-0.4, -0.2) is 66.3 Å². The smallest absolute Gasteiger partial charge is 0.407 e. The Balaban J connectivity index is 1.43. The zero-order valence-corrected chi connectivity index (χ0v) is 20.3. The molecule has 2 aliphatic rings. The second-order valence-corrected chi connectivity index (χ2v) is 9.58. The number of ether oxygens (including phenoxy) is 1. The van der Waals surface area contributed by atoms with E-state index >= 15 is 0 Å². The molecule has 4 rings (SSSR count). The summed E-state index contributed by atoms with van der Waals surface area (Å²) in [6, 6.07) is 15.4. The number of hydrogen-bond donors (Lipinski definition) is 3. The van der Waals surface area contributed by atoms with Crippen LogP contribution in [-0.2, 0) is 14.3 Å². The number of likely N-dealkylation sites (tertiary alicyclic amines) is 1. The lowest BCUT2D eigenvalue weighted by atomic mass is 9.84. The fourth-order valence-corrected chi connectivity index (χ4v) is 5.13. The van der Waals surface area contributed by atoms with Crippen LogP contribution in [0.15, 0.2) is 48.5 Å². The van der Waals surface area contributed by atoms with Gasteiger partial charge in [0, 0.05) is 25.4 Å². The Hall–Kier alpha value is -3.39. The maximum Gasteiger partial charge on any atom is 0.407 e. The van der Waals surface area contributed by atoms with Crippen LogP contribution in [0.4, 0.5) is 4.79 Å². The number of carbonyl (C=O) groups is 3. The van der Waals surface area contributed by atoms with E-state index in [1.807, 2.05) is 31.3 Å². The molecule has 0 unspecified atom stereocenters. The minimum absolute atomic E-state index is 0.00875. The third-order valence-electron chi connectivity index (χ3n) is 7.20. The van der Waals surface area contributed by atoms with Gasteiger partial charge in [-0.05, 0) is 48.6 Å². The molecule has 1 saturated heterocycles. The lowest BCUT2D eigenvalue weighted by Gasteiger charge is -2.40. The summed E-state index contributed by atoms with van der Waals surface area (Å²) in [6.45, 7) is 3.33. The maximum atomic E-state index is 13.0. The van der Waals surface area contributed by atoms with Crippen molar-refractivity contribution < 1.29 is 24.2 Å². The van der Waals surface area contributed by atoms with Crippen molar-refractivity contribution in [3.63, 3.8) is 0 Å². The summed E-state index contributed by atoms with van der Waals surface area (Å²) in [5, 5.41) is 14.8. The number of carboxylic acid groups (broad SMARTS) is 1. The molecule has 1 aliphatic heterocycles. The van der Waals surface area contributed by atoms with Crippen molar-refractivity contribution in [2.45, 2.75) is 50.1 Å². The Kier molecular flexibility index (Phi) is 7.40. The quantitative estimate of drug-likeness (QED) is 0.536. The highest BCUT2D eigenvalue weighted by atomic mass is 16.5. The highest BCUT2D eigenvalue weighted by molar-refractivity contribution is 5.84. The van der Waals surface area contributed by atoms with Gasteiger partial charge in [0.15, 0.2) is 0 Å². The van der Waals surface area contributed by atoms with Crippen molar-refractivity contribution in [3.05, 3.63) is 59.7 Å². The zero-order valence-electron chi connectivity index (χ0n) is 20.3. The number of benzene rings is 2. The van der Waals surface area contributed by atoms with E-state index in [4.69, 9.17) is 4.74 Å². The first-order valence-electron chi connectivity index (χ1n) is 12.2. The number of carbonyl (C=O) groups excluding carboxylic acids is 2. The van der Waals surface area contributed by atoms with Crippen LogP contribution in [0, 0.1) is 0 Å². The molecule has 2 aromatic rings. The monoisotopic (exact) mass is 479 g/mol. The Morgan fingerprint density at radius 3 is 2.17 bits per heavy atom. The minimum Gasteiger partial charge on any atom is -0.480 e. The molecule has 0 radical (unpaired) electrons. The van der Waals surface area contributed by atoms with Gasteiger partial charge in [0.2, 0.25) is 5.91 Å². The van der Waals surface area contributed by atoms with Gasteiger partial charge in [0.25, 0.3) is 0 Å². The van der Waals surface area contributed by atoms with Gasteiger partial charge in [0.05, 0.1) is 5.54 Å². The molecule has 35 heavy (non-hydrogen) atoms. The van der Waals surface area contributed by atoms with Crippen molar-refractivity contribution in [2.24, 2.45) is 0 Å². The Bertz CT molecular complexity index is 1050. The predicted molar refractivity (Wildman–Crippen MR) is 132 cm³/mol. The Labute approximate surface area is 205 Å². The SMILES string of the molecule is CC[C@@H](NC(=O)CC1(NC(=O)OCC2c3ccccc3-c3ccccc32)CCN(C)CC1)C(=O)O. The van der Waals surface area contributed by atoms with Crippen LogP contribution in [0.25, 0.3) is 11.1 Å². The van der Waals surface area contributed by atoms with E-state index in [2.05, 4.69) is 39.8 Å². The number of aliphatic carboxylic acids is 1. The van der Waals surface area contributed by atoms with Crippen LogP contribution in [0.2, 0.25) is 0 Å². The standard InChI is InChI=1S/C27H33N3O5/c1-3-23(25(32)33)28-24(31)16-27(12-14-30(2)15-13-27)29-26(34)35-17-22-20-10-6-4-8-18(20)19-9-5-7-11-21(19)22/h4-11,22-23H,3,12-17H2,1-2H3,(H,28,31)(H,29,34)(H,32,33)/t23-/m1/s1. The fourth-order valence-electron chi connectivity index (χ4n) is 5.13. The van der Waals surface area contributed by atoms with E-state index in [1.54, 1.807) is 6.92 Å². The third-order valence-corrected chi connectivity index (χ3v) is 7.20. The molecule has 2 aromatic carbocycles. The van der Waals surface area contributed by atoms with E-state index in [-0.39, 0.29) is 31.3 Å². The van der Waals surface area contributed by atoms with Gasteiger partial charge in [-0.2, -0.15) is 0 Å². The third kappa shape index (κ3) is 5.48. The predicted octanol–water partition coefficient (Wildman–Crippen LogP) is 3.36. The second kappa shape index (κ2) is 10.5. The van der Waals surface area contributed by atoms with Crippen molar-refractivity contribution in [1.82, 2.24) is 15.5 Å². The lowest BCUT2D eigenvalue weighted by Crippen LogP contribution is -2.57. The van der Waals surface area contributed by atoms with Crippen LogP contribution in [0.1, 0.15) is 49.7 Å². The topological polar surface area (TPSA) is 108 Å². The number of alkyl carbamates (subject to hydrolysis) is 1. The van der Waals surface area contributed by atoms with Crippen LogP contribution in [0.5, 0.6) is 0 Å². The largest absolute Gasteiger partial charge is 0.480 e. The van der Waals surface area contributed by atoms with Gasteiger partial charge in [-0.1, -0.05) is 55.5 Å². The van der Waals surface area contributed by atoms with Crippen molar-refractivity contribution in [2.75, 3.05) is 26.7 Å². The first-order valence-corrected chi connectivity index (χ1v) is 12.2. The molecule has 2 amide bonds. The van der Waals surface area contributed by atoms with E-state index < -0.39 is 23.6 Å². The summed E-state index contributed by atoms with van der Waals surface area (Å²) in [6.07, 6.45) is 0.885. The van der Waals surface area contributed by atoms with E-state index in [1.165, 1.54) is 0 Å². The van der Waals surface area contributed by atoms with E-state index in [9.17, 15) is 19.5 Å². The van der Waals surface area contributed by atoms with Gasteiger partial charge in [-0.15, -0.1) is 0 Å². The van der Waals surface area contributed by atoms with Crippen molar-refractivity contribution in [3.8, 4) is 11.1 Å². The molecule has 0 saturated carbocycles. The average molecular weight is 480 g/mol. The van der Waals surface area contributed by atoms with Crippen LogP contribution >= 0.6 is 0 Å². The number of fused-ring (bicyclic) bond motifs is 3. The zero-order chi connectivity index (χ0) is 25.0. The van der Waals surface area contributed by atoms with E-state index in [0.29, 0.717) is 25.9 Å². The number of piperidine rings is 1. The molecule has 3 N–H and O–H groups in total. The van der Waals surface area contributed by atoms with Crippen molar-refractivity contribution >= 4 is 18.0 Å². The summed E-state index contributed by atoms with van der Waals surface area (Å²) < 4.78 is 5.73. The molecule has 1 atom stereocenters. The second-order valence-electron chi connectivity index (χ2n) is 9.58. The lowest BCUT2D eigenvalue weighted by molar-refractivity contribution is -0.142. The first-order chi connectivity index (χ1) is 16.8. The Morgan fingerprint density at radius 1 is 1.06 bits per heavy atom. The number of nitrogens with one attached hydrogen (secondary N) is 2. The summed E-state index contributed by atoms with van der Waals surface area (Å²) in [4.78, 5) is 39.2. The number of carboxylic acids is 1. The number of rotatable bonds is 8. The molecule has 0 spiro atoms. The van der Waals surface area contributed by atoms with E-state index in [0.717, 1.165) is 22.3 Å². The number of amides is 2. The number of nitrogens with zero attached hydrogens (tertiary/aromatic N) is 1. The summed E-state index contributed by atoms with van der Waals surface area (Å²) >= 11 is 0. The molecule has 0 bridgehead atoms. The van der Waals surface area contributed by atoms with Gasteiger partial charge in [-0.25, -0.2) is 9.59 Å². The molecule has 8 heteroatoms. The van der Waals surface area contributed by atoms with Gasteiger partial charge in [0.1, 0.15) is 12.6 Å².